The van der Waals surface area contributed by atoms with Crippen LogP contribution in [0.5, 0.6) is 0 Å². The summed E-state index contributed by atoms with van der Waals surface area (Å²) in [6.45, 7) is 2.38. The van der Waals surface area contributed by atoms with Gasteiger partial charge in [0.05, 0.1) is 17.8 Å². The van der Waals surface area contributed by atoms with E-state index >= 15 is 0 Å². The largest absolute Gasteiger partial charge is 0.416 e. The lowest BCUT2D eigenvalue weighted by Gasteiger charge is -2.33. The second kappa shape index (κ2) is 6.15. The van der Waals surface area contributed by atoms with Gasteiger partial charge in [-0.2, -0.15) is 13.2 Å². The molecule has 0 saturated carbocycles. The molecule has 2 aliphatic heterocycles. The number of rotatable bonds is 1. The highest BCUT2D eigenvalue weighted by molar-refractivity contribution is 5.85. The number of hydrogen-bond donors (Lipinski definition) is 1. The van der Waals surface area contributed by atoms with Gasteiger partial charge in [-0.1, -0.05) is 18.2 Å². The molecule has 2 heterocycles. The van der Waals surface area contributed by atoms with Crippen LogP contribution >= 0.6 is 12.4 Å². The smallest absolute Gasteiger partial charge is 0.374 e. The van der Waals surface area contributed by atoms with Crippen LogP contribution in [0.3, 0.4) is 0 Å². The molecule has 2 aliphatic rings. The Labute approximate surface area is 128 Å². The van der Waals surface area contributed by atoms with Gasteiger partial charge in [-0.25, -0.2) is 0 Å². The third kappa shape index (κ3) is 3.52. The van der Waals surface area contributed by atoms with E-state index in [1.54, 1.807) is 6.07 Å². The maximum atomic E-state index is 12.8. The third-order valence-electron chi connectivity index (χ3n) is 4.41. The molecule has 0 aliphatic carbocycles. The Kier molecular flexibility index (Phi) is 4.85. The summed E-state index contributed by atoms with van der Waals surface area (Å²) in [4.78, 5) is 0. The van der Waals surface area contributed by atoms with Crippen molar-refractivity contribution in [2.75, 3.05) is 19.7 Å². The average Bonchev–Trinajstić information content (AvgIpc) is 2.83. The molecule has 1 aromatic rings. The van der Waals surface area contributed by atoms with E-state index in [1.807, 2.05) is 0 Å². The molecule has 0 aromatic heterocycles. The molecule has 2 saturated heterocycles. The van der Waals surface area contributed by atoms with Crippen LogP contribution in [0.1, 0.15) is 36.3 Å². The number of benzene rings is 1. The SMILES string of the molecule is Cl.FC(F)(F)c1cccc(C2COC3(CCNCC3)C2)c1. The minimum absolute atomic E-state index is 0. The summed E-state index contributed by atoms with van der Waals surface area (Å²) in [5, 5.41) is 3.29. The quantitative estimate of drug-likeness (QED) is 0.850. The van der Waals surface area contributed by atoms with Crippen molar-refractivity contribution in [3.05, 3.63) is 35.4 Å². The number of nitrogens with one attached hydrogen (secondary N) is 1. The molecular formula is C15H19ClF3NO. The van der Waals surface area contributed by atoms with Gasteiger partial charge in [-0.15, -0.1) is 12.4 Å². The molecule has 2 fully saturated rings. The molecule has 3 rings (SSSR count). The van der Waals surface area contributed by atoms with Crippen LogP contribution in [0, 0.1) is 0 Å². The minimum atomic E-state index is -4.28. The summed E-state index contributed by atoms with van der Waals surface area (Å²) in [6.07, 6.45) is -1.55. The Morgan fingerprint density at radius 3 is 2.57 bits per heavy atom. The lowest BCUT2D eigenvalue weighted by atomic mass is 9.83. The maximum absolute atomic E-state index is 12.8. The van der Waals surface area contributed by atoms with Gasteiger partial charge in [0.2, 0.25) is 0 Å². The molecule has 21 heavy (non-hydrogen) atoms. The van der Waals surface area contributed by atoms with Gasteiger partial charge in [0, 0.05) is 5.92 Å². The summed E-state index contributed by atoms with van der Waals surface area (Å²) in [6, 6.07) is 5.67. The van der Waals surface area contributed by atoms with E-state index in [-0.39, 0.29) is 23.9 Å². The monoisotopic (exact) mass is 321 g/mol. The fourth-order valence-electron chi connectivity index (χ4n) is 3.26. The van der Waals surface area contributed by atoms with Crippen LogP contribution in [0.2, 0.25) is 0 Å². The predicted octanol–water partition coefficient (Wildman–Crippen LogP) is 3.75. The van der Waals surface area contributed by atoms with Gasteiger partial charge in [0.25, 0.3) is 0 Å². The highest BCUT2D eigenvalue weighted by Gasteiger charge is 2.42. The molecule has 118 valence electrons. The van der Waals surface area contributed by atoms with Crippen molar-refractivity contribution in [1.82, 2.24) is 5.32 Å². The fourth-order valence-corrected chi connectivity index (χ4v) is 3.26. The first-order chi connectivity index (χ1) is 9.49. The number of piperidine rings is 1. The number of hydrogen-bond acceptors (Lipinski definition) is 2. The van der Waals surface area contributed by atoms with E-state index in [9.17, 15) is 13.2 Å². The molecule has 1 unspecified atom stereocenters. The highest BCUT2D eigenvalue weighted by Crippen LogP contribution is 2.42. The van der Waals surface area contributed by atoms with E-state index in [0.717, 1.165) is 44.0 Å². The molecular weight excluding hydrogens is 303 g/mol. The first-order valence-electron chi connectivity index (χ1n) is 7.00. The van der Waals surface area contributed by atoms with Crippen molar-refractivity contribution >= 4 is 12.4 Å². The first kappa shape index (κ1) is 16.6. The van der Waals surface area contributed by atoms with Crippen LogP contribution < -0.4 is 5.32 Å². The second-order valence-corrected chi connectivity index (χ2v) is 5.77. The van der Waals surface area contributed by atoms with Gasteiger partial charge in [0.1, 0.15) is 0 Å². The molecule has 1 atom stereocenters. The van der Waals surface area contributed by atoms with Gasteiger partial charge < -0.3 is 10.1 Å². The summed E-state index contributed by atoms with van der Waals surface area (Å²) in [7, 11) is 0. The molecule has 1 spiro atoms. The summed E-state index contributed by atoms with van der Waals surface area (Å²) < 4.78 is 44.2. The van der Waals surface area contributed by atoms with E-state index in [4.69, 9.17) is 4.74 Å². The number of ether oxygens (including phenoxy) is 1. The lowest BCUT2D eigenvalue weighted by Crippen LogP contribution is -2.41. The number of halogens is 4. The molecule has 0 radical (unpaired) electrons. The van der Waals surface area contributed by atoms with Crippen LogP contribution in [0.15, 0.2) is 24.3 Å². The molecule has 0 amide bonds. The summed E-state index contributed by atoms with van der Waals surface area (Å²) in [5.41, 5.74) is 0.0564. The van der Waals surface area contributed by atoms with E-state index in [1.165, 1.54) is 12.1 Å². The van der Waals surface area contributed by atoms with Crippen LogP contribution in [-0.4, -0.2) is 25.3 Å². The Morgan fingerprint density at radius 2 is 1.90 bits per heavy atom. The Bertz CT molecular complexity index is 486. The van der Waals surface area contributed by atoms with Crippen molar-refractivity contribution in [3.63, 3.8) is 0 Å². The van der Waals surface area contributed by atoms with E-state index in [0.29, 0.717) is 6.61 Å². The number of alkyl halides is 3. The lowest BCUT2D eigenvalue weighted by molar-refractivity contribution is -0.137. The normalized spacial score (nSPS) is 24.8. The van der Waals surface area contributed by atoms with Gasteiger partial charge in [-0.05, 0) is 44.0 Å². The third-order valence-corrected chi connectivity index (χ3v) is 4.41. The van der Waals surface area contributed by atoms with Crippen molar-refractivity contribution in [2.24, 2.45) is 0 Å². The summed E-state index contributed by atoms with van der Waals surface area (Å²) in [5.74, 6) is 0.0791. The van der Waals surface area contributed by atoms with Gasteiger partial charge in [0.15, 0.2) is 0 Å². The van der Waals surface area contributed by atoms with Crippen LogP contribution in [0.25, 0.3) is 0 Å². The molecule has 1 N–H and O–H groups in total. The standard InChI is InChI=1S/C15H18F3NO.ClH/c16-15(17,18)13-3-1-2-11(8-13)12-9-14(20-10-12)4-6-19-7-5-14;/h1-3,8,12,19H,4-7,9-10H2;1H. The van der Waals surface area contributed by atoms with Crippen LogP contribution in [0.4, 0.5) is 13.2 Å². The average molecular weight is 322 g/mol. The zero-order valence-corrected chi connectivity index (χ0v) is 12.4. The molecule has 0 bridgehead atoms. The first-order valence-corrected chi connectivity index (χ1v) is 7.00. The van der Waals surface area contributed by atoms with E-state index in [2.05, 4.69) is 5.32 Å². The molecule has 1 aromatic carbocycles. The van der Waals surface area contributed by atoms with Crippen molar-refractivity contribution in [3.8, 4) is 0 Å². The van der Waals surface area contributed by atoms with Crippen molar-refractivity contribution < 1.29 is 17.9 Å². The second-order valence-electron chi connectivity index (χ2n) is 5.77. The zero-order valence-electron chi connectivity index (χ0n) is 11.6. The summed E-state index contributed by atoms with van der Waals surface area (Å²) >= 11 is 0. The van der Waals surface area contributed by atoms with E-state index < -0.39 is 11.7 Å². The molecule has 2 nitrogen and oxygen atoms in total. The maximum Gasteiger partial charge on any atom is 0.416 e. The Hall–Kier alpha value is -0.780. The Morgan fingerprint density at radius 1 is 1.19 bits per heavy atom. The van der Waals surface area contributed by atoms with Gasteiger partial charge >= 0.3 is 6.18 Å². The highest BCUT2D eigenvalue weighted by atomic mass is 35.5. The van der Waals surface area contributed by atoms with Crippen molar-refractivity contribution in [2.45, 2.75) is 37.0 Å². The topological polar surface area (TPSA) is 21.3 Å². The van der Waals surface area contributed by atoms with Crippen LogP contribution in [-0.2, 0) is 10.9 Å². The predicted molar refractivity (Wildman–Crippen MR) is 76.8 cm³/mol. The molecule has 6 heteroatoms. The Balaban J connectivity index is 0.00000161. The zero-order chi connectivity index (χ0) is 14.2. The fraction of sp³-hybridized carbons (Fsp3) is 0.600. The van der Waals surface area contributed by atoms with Gasteiger partial charge in [-0.3, -0.25) is 0 Å². The van der Waals surface area contributed by atoms with Crippen molar-refractivity contribution in [1.29, 1.82) is 0 Å². The minimum Gasteiger partial charge on any atom is -0.374 e.